The Hall–Kier alpha value is -2.64. The minimum Gasteiger partial charge on any atom is -0.496 e. The molecule has 0 aliphatic heterocycles. The van der Waals surface area contributed by atoms with Crippen molar-refractivity contribution in [3.63, 3.8) is 0 Å². The summed E-state index contributed by atoms with van der Waals surface area (Å²) in [7, 11) is -2.19. The molecule has 0 amide bonds. The number of nitrogens with two attached hydrogens (primary N) is 1. The summed E-state index contributed by atoms with van der Waals surface area (Å²) in [4.78, 5) is 4.50. The predicted molar refractivity (Wildman–Crippen MR) is 106 cm³/mol. The Morgan fingerprint density at radius 3 is 2.70 bits per heavy atom. The first-order chi connectivity index (χ1) is 13.0. The van der Waals surface area contributed by atoms with E-state index in [0.29, 0.717) is 24.4 Å². The van der Waals surface area contributed by atoms with E-state index in [-0.39, 0.29) is 10.9 Å². The van der Waals surface area contributed by atoms with Crippen molar-refractivity contribution in [2.24, 2.45) is 5.73 Å². The molecule has 0 saturated carbocycles. The average molecular weight is 383 g/mol. The number of anilines is 1. The highest BCUT2D eigenvalue weighted by Gasteiger charge is 2.27. The molecule has 0 unspecified atom stereocenters. The second-order valence-corrected chi connectivity index (χ2v) is 8.40. The summed E-state index contributed by atoms with van der Waals surface area (Å²) in [6, 6.07) is 12.7. The fourth-order valence-corrected chi connectivity index (χ4v) is 4.91. The zero-order valence-corrected chi connectivity index (χ0v) is 15.8. The number of hydrogen-bond donors (Lipinski definition) is 2. The number of fused-ring (bicyclic) bond motifs is 2. The third kappa shape index (κ3) is 3.36. The van der Waals surface area contributed by atoms with Crippen LogP contribution in [-0.2, 0) is 22.9 Å². The van der Waals surface area contributed by atoms with Crippen LogP contribution in [0.2, 0.25) is 0 Å². The monoisotopic (exact) mass is 383 g/mol. The lowest BCUT2D eigenvalue weighted by Gasteiger charge is -2.25. The SMILES string of the molecule is COc1ccc(S(=O)(=O)Nc2cc3ccccc3cn2)c2c1C[C@@H](N)CC2. The molecule has 3 N–H and O–H groups in total. The van der Waals surface area contributed by atoms with Gasteiger partial charge in [0.1, 0.15) is 11.6 Å². The van der Waals surface area contributed by atoms with Gasteiger partial charge in [-0.05, 0) is 48.4 Å². The molecule has 6 nitrogen and oxygen atoms in total. The van der Waals surface area contributed by atoms with Gasteiger partial charge in [-0.2, -0.15) is 0 Å². The molecular weight excluding hydrogens is 362 g/mol. The Bertz CT molecular complexity index is 1110. The molecule has 1 aliphatic carbocycles. The van der Waals surface area contributed by atoms with Crippen molar-refractivity contribution in [2.75, 3.05) is 11.8 Å². The summed E-state index contributed by atoms with van der Waals surface area (Å²) in [5, 5.41) is 1.88. The molecule has 0 spiro atoms. The molecule has 7 heteroatoms. The van der Waals surface area contributed by atoms with Gasteiger partial charge in [0.05, 0.1) is 12.0 Å². The molecule has 27 heavy (non-hydrogen) atoms. The van der Waals surface area contributed by atoms with Crippen LogP contribution < -0.4 is 15.2 Å². The summed E-state index contributed by atoms with van der Waals surface area (Å²) in [5.41, 5.74) is 7.74. The number of nitrogens with zero attached hydrogens (tertiary/aromatic N) is 1. The maximum atomic E-state index is 13.1. The molecule has 2 aromatic carbocycles. The zero-order valence-electron chi connectivity index (χ0n) is 15.0. The van der Waals surface area contributed by atoms with Crippen molar-refractivity contribution in [2.45, 2.75) is 30.2 Å². The van der Waals surface area contributed by atoms with Crippen LogP contribution in [0, 0.1) is 0 Å². The highest BCUT2D eigenvalue weighted by molar-refractivity contribution is 7.92. The lowest BCUT2D eigenvalue weighted by atomic mass is 9.88. The molecule has 1 atom stereocenters. The molecule has 0 radical (unpaired) electrons. The number of methoxy groups -OCH3 is 1. The van der Waals surface area contributed by atoms with Crippen LogP contribution in [0.5, 0.6) is 5.75 Å². The Morgan fingerprint density at radius 2 is 1.93 bits per heavy atom. The molecule has 0 fully saturated rings. The Balaban J connectivity index is 1.74. The van der Waals surface area contributed by atoms with E-state index in [4.69, 9.17) is 10.5 Å². The van der Waals surface area contributed by atoms with Gasteiger partial charge in [0, 0.05) is 23.2 Å². The number of aromatic nitrogens is 1. The van der Waals surface area contributed by atoms with Crippen molar-refractivity contribution in [3.8, 4) is 5.75 Å². The molecule has 140 valence electrons. The molecule has 4 rings (SSSR count). The maximum absolute atomic E-state index is 13.1. The molecule has 0 saturated heterocycles. The summed E-state index contributed by atoms with van der Waals surface area (Å²) in [6.07, 6.45) is 3.62. The summed E-state index contributed by atoms with van der Waals surface area (Å²) in [5.74, 6) is 0.980. The Labute approximate surface area is 158 Å². The number of hydrogen-bond acceptors (Lipinski definition) is 5. The number of pyridine rings is 1. The van der Waals surface area contributed by atoms with Crippen LogP contribution in [0.1, 0.15) is 17.5 Å². The van der Waals surface area contributed by atoms with E-state index in [1.165, 1.54) is 0 Å². The third-order valence-corrected chi connectivity index (χ3v) is 6.40. The van der Waals surface area contributed by atoms with Gasteiger partial charge >= 0.3 is 0 Å². The lowest BCUT2D eigenvalue weighted by Crippen LogP contribution is -2.29. The van der Waals surface area contributed by atoms with Gasteiger partial charge in [0.15, 0.2) is 0 Å². The summed E-state index contributed by atoms with van der Waals surface area (Å²) in [6.45, 7) is 0. The summed E-state index contributed by atoms with van der Waals surface area (Å²) < 4.78 is 34.2. The normalized spacial score (nSPS) is 16.7. The van der Waals surface area contributed by atoms with Gasteiger partial charge in [-0.15, -0.1) is 0 Å². The van der Waals surface area contributed by atoms with E-state index >= 15 is 0 Å². The van der Waals surface area contributed by atoms with Gasteiger partial charge in [-0.25, -0.2) is 13.4 Å². The number of sulfonamides is 1. The highest BCUT2D eigenvalue weighted by Crippen LogP contribution is 2.34. The van der Waals surface area contributed by atoms with E-state index in [9.17, 15) is 8.42 Å². The smallest absolute Gasteiger partial charge is 0.263 e. The first kappa shape index (κ1) is 17.8. The van der Waals surface area contributed by atoms with E-state index in [1.54, 1.807) is 31.5 Å². The second-order valence-electron chi connectivity index (χ2n) is 6.75. The van der Waals surface area contributed by atoms with E-state index in [2.05, 4.69) is 9.71 Å². The molecule has 3 aromatic rings. The molecule has 1 aromatic heterocycles. The standard InChI is InChI=1S/C20H21N3O3S/c1-26-18-8-9-19(16-7-6-15(21)11-17(16)18)27(24,25)23-20-10-13-4-2-3-5-14(13)12-22-20/h2-5,8-10,12,15H,6-7,11,21H2,1H3,(H,22,23)/t15-/m0/s1. The van der Waals surface area contributed by atoms with Crippen molar-refractivity contribution in [1.82, 2.24) is 4.98 Å². The first-order valence-corrected chi connectivity index (χ1v) is 10.3. The van der Waals surface area contributed by atoms with Crippen molar-refractivity contribution >= 4 is 26.6 Å². The number of rotatable bonds is 4. The zero-order chi connectivity index (χ0) is 19.0. The van der Waals surface area contributed by atoms with Gasteiger partial charge < -0.3 is 10.5 Å². The van der Waals surface area contributed by atoms with Crippen LogP contribution in [0.25, 0.3) is 10.8 Å². The Kier molecular flexibility index (Phi) is 4.49. The number of ether oxygens (including phenoxy) is 1. The molecule has 1 aliphatic rings. The molecule has 0 bridgehead atoms. The van der Waals surface area contributed by atoms with Crippen LogP contribution in [0.4, 0.5) is 5.82 Å². The average Bonchev–Trinajstić information content (AvgIpc) is 2.66. The lowest BCUT2D eigenvalue weighted by molar-refractivity contribution is 0.402. The second kappa shape index (κ2) is 6.83. The summed E-state index contributed by atoms with van der Waals surface area (Å²) >= 11 is 0. The minimum absolute atomic E-state index is 0.0134. The third-order valence-electron chi connectivity index (χ3n) is 4.96. The van der Waals surface area contributed by atoms with Crippen molar-refractivity contribution in [1.29, 1.82) is 0 Å². The molecule has 1 heterocycles. The molecular formula is C20H21N3O3S. The number of benzene rings is 2. The largest absolute Gasteiger partial charge is 0.496 e. The van der Waals surface area contributed by atoms with Crippen molar-refractivity contribution in [3.05, 3.63) is 59.8 Å². The fourth-order valence-electron chi connectivity index (χ4n) is 3.62. The van der Waals surface area contributed by atoms with Crippen LogP contribution in [-0.4, -0.2) is 26.6 Å². The van der Waals surface area contributed by atoms with Crippen molar-refractivity contribution < 1.29 is 13.2 Å². The van der Waals surface area contributed by atoms with Gasteiger partial charge in [0.25, 0.3) is 10.0 Å². The van der Waals surface area contributed by atoms with E-state index < -0.39 is 10.0 Å². The van der Waals surface area contributed by atoms with E-state index in [1.807, 2.05) is 24.3 Å². The van der Waals surface area contributed by atoms with Gasteiger partial charge in [-0.3, -0.25) is 4.72 Å². The fraction of sp³-hybridized carbons (Fsp3) is 0.250. The first-order valence-electron chi connectivity index (χ1n) is 8.80. The maximum Gasteiger partial charge on any atom is 0.263 e. The number of nitrogens with one attached hydrogen (secondary N) is 1. The van der Waals surface area contributed by atoms with Crippen LogP contribution >= 0.6 is 0 Å². The van der Waals surface area contributed by atoms with Crippen LogP contribution in [0.15, 0.2) is 53.6 Å². The minimum atomic E-state index is -3.77. The predicted octanol–water partition coefficient (Wildman–Crippen LogP) is 2.86. The topological polar surface area (TPSA) is 94.3 Å². The Morgan fingerprint density at radius 1 is 1.15 bits per heavy atom. The van der Waals surface area contributed by atoms with Gasteiger partial charge in [0.2, 0.25) is 0 Å². The van der Waals surface area contributed by atoms with Gasteiger partial charge in [-0.1, -0.05) is 24.3 Å². The quantitative estimate of drug-likeness (QED) is 0.722. The van der Waals surface area contributed by atoms with Crippen LogP contribution in [0.3, 0.4) is 0 Å². The van der Waals surface area contributed by atoms with E-state index in [0.717, 1.165) is 28.3 Å². The highest BCUT2D eigenvalue weighted by atomic mass is 32.2.